The summed E-state index contributed by atoms with van der Waals surface area (Å²) < 4.78 is 15.1. The second-order valence-electron chi connectivity index (χ2n) is 9.64. The number of aryl methyl sites for hydroxylation is 2. The van der Waals surface area contributed by atoms with Crippen LogP contribution in [0.1, 0.15) is 63.0 Å². The zero-order valence-corrected chi connectivity index (χ0v) is 22.8. The Labute approximate surface area is 229 Å². The van der Waals surface area contributed by atoms with Gasteiger partial charge in [-0.3, -0.25) is 19.1 Å². The van der Waals surface area contributed by atoms with Crippen LogP contribution in [0.5, 0.6) is 0 Å². The quantitative estimate of drug-likeness (QED) is 0.275. The Kier molecular flexibility index (Phi) is 7.14. The topological polar surface area (TPSA) is 109 Å². The van der Waals surface area contributed by atoms with Gasteiger partial charge in [-0.25, -0.2) is 4.39 Å². The highest BCUT2D eigenvalue weighted by Gasteiger charge is 2.36. The monoisotopic (exact) mass is 545 g/mol. The van der Waals surface area contributed by atoms with Crippen LogP contribution in [0.4, 0.5) is 10.1 Å². The van der Waals surface area contributed by atoms with Crippen LogP contribution in [0.15, 0.2) is 53.5 Å². The fourth-order valence-electron chi connectivity index (χ4n) is 4.66. The summed E-state index contributed by atoms with van der Waals surface area (Å²) in [5.74, 6) is -1.00. The molecule has 0 aliphatic carbocycles. The molecule has 0 saturated carbocycles. The Balaban J connectivity index is 1.44. The van der Waals surface area contributed by atoms with E-state index in [-0.39, 0.29) is 18.0 Å². The van der Waals surface area contributed by atoms with Crippen LogP contribution in [-0.4, -0.2) is 43.9 Å². The molecule has 10 heteroatoms. The molecule has 1 aliphatic heterocycles. The number of nitrogens with one attached hydrogen (secondary N) is 1. The van der Waals surface area contributed by atoms with Crippen molar-refractivity contribution in [3.8, 4) is 5.00 Å². The molecule has 2 aromatic carbocycles. The Morgan fingerprint density at radius 1 is 1.08 bits per heavy atom. The first-order chi connectivity index (χ1) is 18.7. The molecular formula is C29H28FN5O3S. The lowest BCUT2D eigenvalue weighted by Gasteiger charge is -2.16. The van der Waals surface area contributed by atoms with Gasteiger partial charge in [-0.1, -0.05) is 12.1 Å². The zero-order chi connectivity index (χ0) is 27.8. The zero-order valence-electron chi connectivity index (χ0n) is 22.0. The smallest absolute Gasteiger partial charge is 0.308 e. The van der Waals surface area contributed by atoms with E-state index in [9.17, 15) is 19.1 Å². The number of Topliss-reactive ketones (excluding diaryl/α,β-unsaturated/α-hetero) is 1. The molecule has 0 fully saturated rings. The van der Waals surface area contributed by atoms with Gasteiger partial charge >= 0.3 is 5.97 Å². The van der Waals surface area contributed by atoms with E-state index >= 15 is 0 Å². The molecule has 0 radical (unpaired) electrons. The number of rotatable bonds is 8. The van der Waals surface area contributed by atoms with Crippen molar-refractivity contribution in [1.82, 2.24) is 14.8 Å². The summed E-state index contributed by atoms with van der Waals surface area (Å²) in [5, 5.41) is 22.6. The van der Waals surface area contributed by atoms with Crippen LogP contribution in [0.25, 0.3) is 5.00 Å². The van der Waals surface area contributed by atoms with Gasteiger partial charge in [0, 0.05) is 40.2 Å². The molecule has 5 rings (SSSR count). The van der Waals surface area contributed by atoms with Gasteiger partial charge in [-0.05, 0) is 69.7 Å². The van der Waals surface area contributed by atoms with Crippen molar-refractivity contribution < 1.29 is 19.1 Å². The SMILES string of the molecule is Cc1sc2c(c1C)C(c1ccc(NCCC(=O)c3ccc(F)cc3)cc1)=NC([C@H](C)C(=O)O)c1nnc(C)n1-2. The van der Waals surface area contributed by atoms with E-state index in [0.717, 1.165) is 32.3 Å². The third-order valence-electron chi connectivity index (χ3n) is 7.06. The molecule has 4 aromatic rings. The van der Waals surface area contributed by atoms with Crippen LogP contribution in [0, 0.1) is 32.5 Å². The minimum absolute atomic E-state index is 0.0661. The highest BCUT2D eigenvalue weighted by Crippen LogP contribution is 2.40. The largest absolute Gasteiger partial charge is 0.481 e. The van der Waals surface area contributed by atoms with E-state index < -0.39 is 17.9 Å². The first-order valence-electron chi connectivity index (χ1n) is 12.6. The predicted octanol–water partition coefficient (Wildman–Crippen LogP) is 5.69. The number of hydrogen-bond donors (Lipinski definition) is 2. The Morgan fingerprint density at radius 2 is 1.77 bits per heavy atom. The molecule has 0 saturated heterocycles. The van der Waals surface area contributed by atoms with E-state index in [1.165, 1.54) is 24.3 Å². The van der Waals surface area contributed by atoms with Crippen molar-refractivity contribution in [2.45, 2.75) is 40.2 Å². The standard InChI is InChI=1S/C29H28FN5O3S/c1-15-17(3)39-28-24(15)26(32-25(16(2)29(37)38)27-34-33-18(4)35(27)28)20-7-11-22(12-8-20)31-14-13-23(36)19-5-9-21(30)10-6-19/h5-12,16,25,31H,13-14H2,1-4H3,(H,37,38)/t16-,25?/m0/s1. The number of nitrogens with zero attached hydrogens (tertiary/aromatic N) is 4. The number of carboxylic acid groups (broad SMARTS) is 1. The van der Waals surface area contributed by atoms with Crippen molar-refractivity contribution in [3.05, 3.63) is 93.1 Å². The highest BCUT2D eigenvalue weighted by molar-refractivity contribution is 7.15. The molecule has 2 aromatic heterocycles. The molecule has 39 heavy (non-hydrogen) atoms. The summed E-state index contributed by atoms with van der Waals surface area (Å²) in [7, 11) is 0. The van der Waals surface area contributed by atoms with Gasteiger partial charge in [-0.2, -0.15) is 0 Å². The fourth-order valence-corrected chi connectivity index (χ4v) is 5.88. The second kappa shape index (κ2) is 10.5. The van der Waals surface area contributed by atoms with E-state index in [0.29, 0.717) is 29.5 Å². The summed E-state index contributed by atoms with van der Waals surface area (Å²) in [6, 6.07) is 12.6. The Hall–Kier alpha value is -4.18. The number of benzene rings is 2. The Morgan fingerprint density at radius 3 is 2.44 bits per heavy atom. The van der Waals surface area contributed by atoms with Gasteiger partial charge in [-0.15, -0.1) is 21.5 Å². The second-order valence-corrected chi connectivity index (χ2v) is 10.8. The summed E-state index contributed by atoms with van der Waals surface area (Å²) >= 11 is 1.62. The summed E-state index contributed by atoms with van der Waals surface area (Å²) in [6.45, 7) is 8.03. The number of carboxylic acids is 1. The molecule has 1 unspecified atom stereocenters. The minimum atomic E-state index is -0.955. The van der Waals surface area contributed by atoms with Crippen LogP contribution >= 0.6 is 11.3 Å². The summed E-state index contributed by atoms with van der Waals surface area (Å²) in [6.07, 6.45) is 0.268. The number of aromatic nitrogens is 3. The van der Waals surface area contributed by atoms with Crippen molar-refractivity contribution in [2.75, 3.05) is 11.9 Å². The van der Waals surface area contributed by atoms with Crippen LogP contribution in [0.2, 0.25) is 0 Å². The first kappa shape index (κ1) is 26.4. The van der Waals surface area contributed by atoms with Gasteiger partial charge in [0.15, 0.2) is 11.6 Å². The number of aliphatic imine (C=N–C) groups is 1. The molecule has 3 heterocycles. The van der Waals surface area contributed by atoms with Gasteiger partial charge in [0.2, 0.25) is 0 Å². The van der Waals surface area contributed by atoms with Crippen molar-refractivity contribution in [3.63, 3.8) is 0 Å². The van der Waals surface area contributed by atoms with Crippen LogP contribution in [-0.2, 0) is 4.79 Å². The summed E-state index contributed by atoms with van der Waals surface area (Å²) in [4.78, 5) is 30.6. The first-order valence-corrected chi connectivity index (χ1v) is 13.4. The molecule has 1 aliphatic rings. The maximum Gasteiger partial charge on any atom is 0.308 e. The molecule has 0 spiro atoms. The molecule has 2 atom stereocenters. The number of carbonyl (C=O) groups excluding carboxylic acids is 1. The molecule has 0 amide bonds. The molecule has 200 valence electrons. The van der Waals surface area contributed by atoms with Gasteiger partial charge in [0.1, 0.15) is 22.7 Å². The number of hydrogen-bond acceptors (Lipinski definition) is 7. The van der Waals surface area contributed by atoms with Gasteiger partial charge in [0.25, 0.3) is 0 Å². The van der Waals surface area contributed by atoms with Crippen molar-refractivity contribution >= 4 is 34.5 Å². The Bertz CT molecular complexity index is 1590. The number of aliphatic carboxylic acids is 1. The lowest BCUT2D eigenvalue weighted by Crippen LogP contribution is -2.21. The number of carbonyl (C=O) groups is 2. The number of anilines is 1. The molecule has 8 nitrogen and oxygen atoms in total. The normalized spacial score (nSPS) is 15.1. The summed E-state index contributed by atoms with van der Waals surface area (Å²) in [5.41, 5.74) is 4.91. The number of halogens is 1. The minimum Gasteiger partial charge on any atom is -0.481 e. The predicted molar refractivity (Wildman–Crippen MR) is 149 cm³/mol. The molecule has 0 bridgehead atoms. The van der Waals surface area contributed by atoms with Crippen molar-refractivity contribution in [2.24, 2.45) is 10.9 Å². The maximum absolute atomic E-state index is 13.1. The van der Waals surface area contributed by atoms with E-state index in [2.05, 4.69) is 29.4 Å². The highest BCUT2D eigenvalue weighted by atomic mass is 32.1. The fraction of sp³-hybridized carbons (Fsp3) is 0.276. The number of thiophene rings is 1. The lowest BCUT2D eigenvalue weighted by atomic mass is 9.98. The van der Waals surface area contributed by atoms with Crippen LogP contribution < -0.4 is 5.32 Å². The van der Waals surface area contributed by atoms with Crippen molar-refractivity contribution in [1.29, 1.82) is 0 Å². The average molecular weight is 546 g/mol. The van der Waals surface area contributed by atoms with Crippen LogP contribution in [0.3, 0.4) is 0 Å². The van der Waals surface area contributed by atoms with Gasteiger partial charge in [0.05, 0.1) is 11.6 Å². The number of ketones is 1. The lowest BCUT2D eigenvalue weighted by molar-refractivity contribution is -0.141. The maximum atomic E-state index is 13.1. The third kappa shape index (κ3) is 4.99. The van der Waals surface area contributed by atoms with Gasteiger partial charge < -0.3 is 10.4 Å². The van der Waals surface area contributed by atoms with E-state index in [1.54, 1.807) is 18.3 Å². The molecular weight excluding hydrogens is 517 g/mol. The number of fused-ring (bicyclic) bond motifs is 3. The average Bonchev–Trinajstić information content (AvgIpc) is 3.38. The molecule has 2 N–H and O–H groups in total. The van der Waals surface area contributed by atoms with E-state index in [1.807, 2.05) is 35.8 Å². The third-order valence-corrected chi connectivity index (χ3v) is 8.25. The van der Waals surface area contributed by atoms with E-state index in [4.69, 9.17) is 4.99 Å².